The Balaban J connectivity index is 3.64. The molecule has 136 valence electrons. The molecule has 12 nitrogen and oxygen atoms in total. The molecule has 1 N–H and O–H groups in total. The van der Waals surface area contributed by atoms with Gasteiger partial charge in [-0.15, -0.1) is 0 Å². The lowest BCUT2D eigenvalue weighted by atomic mass is 10.1. The van der Waals surface area contributed by atoms with E-state index in [-0.39, 0.29) is 0 Å². The number of carbonyl (C=O) groups excluding carboxylic acids is 2. The highest BCUT2D eigenvalue weighted by molar-refractivity contribution is 6.04. The van der Waals surface area contributed by atoms with Crippen LogP contribution in [0.4, 0.5) is 11.4 Å². The molecule has 12 heteroatoms. The van der Waals surface area contributed by atoms with E-state index in [0.717, 1.165) is 21.3 Å². The van der Waals surface area contributed by atoms with Crippen molar-refractivity contribution in [2.75, 3.05) is 21.3 Å². The summed E-state index contributed by atoms with van der Waals surface area (Å²) in [5, 5.41) is 24.5. The summed E-state index contributed by atoms with van der Waals surface area (Å²) in [6.45, 7) is 1.30. The summed E-state index contributed by atoms with van der Waals surface area (Å²) >= 11 is 0. The number of amides is 1. The van der Waals surface area contributed by atoms with Crippen LogP contribution in [-0.2, 0) is 9.53 Å². The van der Waals surface area contributed by atoms with Gasteiger partial charge in [-0.1, -0.05) is 0 Å². The number of rotatable bonds is 7. The van der Waals surface area contributed by atoms with E-state index in [1.807, 2.05) is 0 Å². The third kappa shape index (κ3) is 3.91. The number of benzene rings is 1. The lowest BCUT2D eigenvalue weighted by Crippen LogP contribution is -2.39. The molecule has 1 aromatic carbocycles. The molecule has 0 fully saturated rings. The Morgan fingerprint density at radius 2 is 1.48 bits per heavy atom. The molecule has 0 saturated heterocycles. The van der Waals surface area contributed by atoms with Gasteiger partial charge in [-0.05, 0) is 6.92 Å². The second-order valence-corrected chi connectivity index (χ2v) is 4.59. The third-order valence-electron chi connectivity index (χ3n) is 3.12. The molecule has 0 saturated carbocycles. The fourth-order valence-electron chi connectivity index (χ4n) is 2.02. The standard InChI is InChI=1S/C13H15N3O9/c1-6(13(18)25-4)14-12(17)9-10(23-2)7(15(19)20)5-8(16(21)22)11(9)24-3/h5-6H,1-4H3,(H,14,17)/t6-/m0/s1. The molecule has 0 aromatic heterocycles. The summed E-state index contributed by atoms with van der Waals surface area (Å²) in [5.41, 5.74) is -2.18. The average Bonchev–Trinajstić information content (AvgIpc) is 2.58. The van der Waals surface area contributed by atoms with E-state index in [1.165, 1.54) is 6.92 Å². The molecule has 0 aliphatic rings. The Labute approximate surface area is 141 Å². The smallest absolute Gasteiger partial charge is 0.328 e. The van der Waals surface area contributed by atoms with E-state index in [2.05, 4.69) is 10.1 Å². The van der Waals surface area contributed by atoms with E-state index in [1.54, 1.807) is 0 Å². The van der Waals surface area contributed by atoms with Crippen LogP contribution in [0.25, 0.3) is 0 Å². The molecule has 0 bridgehead atoms. The highest BCUT2D eigenvalue weighted by Gasteiger charge is 2.36. The van der Waals surface area contributed by atoms with Crippen molar-refractivity contribution >= 4 is 23.3 Å². The van der Waals surface area contributed by atoms with Crippen molar-refractivity contribution in [3.8, 4) is 11.5 Å². The molecular formula is C13H15N3O9. The Kier molecular flexibility index (Phi) is 6.19. The van der Waals surface area contributed by atoms with Crippen molar-refractivity contribution in [3.63, 3.8) is 0 Å². The average molecular weight is 357 g/mol. The van der Waals surface area contributed by atoms with Crippen LogP contribution in [0.5, 0.6) is 11.5 Å². The molecule has 25 heavy (non-hydrogen) atoms. The topological polar surface area (TPSA) is 160 Å². The number of carbonyl (C=O) groups is 2. The maximum Gasteiger partial charge on any atom is 0.328 e. The van der Waals surface area contributed by atoms with Gasteiger partial charge in [0, 0.05) is 0 Å². The van der Waals surface area contributed by atoms with Gasteiger partial charge in [0.25, 0.3) is 5.91 Å². The summed E-state index contributed by atoms with van der Waals surface area (Å²) in [6, 6.07) is -0.497. The summed E-state index contributed by atoms with van der Waals surface area (Å²) in [6.07, 6.45) is 0. The first-order chi connectivity index (χ1) is 11.7. The molecule has 0 spiro atoms. The fraction of sp³-hybridized carbons (Fsp3) is 0.385. The van der Waals surface area contributed by atoms with Crippen molar-refractivity contribution in [3.05, 3.63) is 31.9 Å². The zero-order chi connectivity index (χ0) is 19.3. The van der Waals surface area contributed by atoms with Gasteiger partial charge in [0.2, 0.25) is 11.5 Å². The monoisotopic (exact) mass is 357 g/mol. The lowest BCUT2D eigenvalue weighted by molar-refractivity contribution is -0.395. The number of nitrogens with zero attached hydrogens (tertiary/aromatic N) is 2. The number of ether oxygens (including phenoxy) is 3. The predicted octanol–water partition coefficient (Wildman–Crippen LogP) is 0.812. The number of hydrogen-bond donors (Lipinski definition) is 1. The molecule has 0 aliphatic carbocycles. The van der Waals surface area contributed by atoms with Crippen LogP contribution >= 0.6 is 0 Å². The zero-order valence-corrected chi connectivity index (χ0v) is 13.7. The van der Waals surface area contributed by atoms with Crippen molar-refractivity contribution in [2.45, 2.75) is 13.0 Å². The van der Waals surface area contributed by atoms with E-state index in [0.29, 0.717) is 6.07 Å². The second kappa shape index (κ2) is 7.90. The number of nitrogens with one attached hydrogen (secondary N) is 1. The van der Waals surface area contributed by atoms with Crippen LogP contribution in [0.1, 0.15) is 17.3 Å². The molecule has 0 radical (unpaired) electrons. The minimum absolute atomic E-state index is 0.540. The minimum atomic E-state index is -1.12. The number of nitro groups is 2. The highest BCUT2D eigenvalue weighted by atomic mass is 16.6. The molecule has 1 rings (SSSR count). The third-order valence-corrected chi connectivity index (χ3v) is 3.12. The van der Waals surface area contributed by atoms with E-state index >= 15 is 0 Å². The van der Waals surface area contributed by atoms with Gasteiger partial charge in [-0.3, -0.25) is 25.0 Å². The highest BCUT2D eigenvalue weighted by Crippen LogP contribution is 2.43. The van der Waals surface area contributed by atoms with Crippen molar-refractivity contribution in [1.29, 1.82) is 0 Å². The predicted molar refractivity (Wildman–Crippen MR) is 81.8 cm³/mol. The first-order valence-electron chi connectivity index (χ1n) is 6.65. The molecule has 0 aliphatic heterocycles. The SMILES string of the molecule is COC(=O)[C@H](C)NC(=O)c1c(OC)c([N+](=O)[O-])cc([N+](=O)[O-])c1OC. The first-order valence-corrected chi connectivity index (χ1v) is 6.65. The minimum Gasteiger partial charge on any atom is -0.489 e. The van der Waals surface area contributed by atoms with Gasteiger partial charge in [0.05, 0.1) is 31.2 Å². The Morgan fingerprint density at radius 3 is 1.80 bits per heavy atom. The van der Waals surface area contributed by atoms with Gasteiger partial charge in [0.1, 0.15) is 17.7 Å². The maximum atomic E-state index is 12.5. The van der Waals surface area contributed by atoms with Gasteiger partial charge in [0.15, 0.2) is 0 Å². The quantitative estimate of drug-likeness (QED) is 0.423. The van der Waals surface area contributed by atoms with Gasteiger partial charge >= 0.3 is 17.3 Å². The molecule has 1 aromatic rings. The molecule has 0 unspecified atom stereocenters. The maximum absolute atomic E-state index is 12.5. The molecule has 1 atom stereocenters. The van der Waals surface area contributed by atoms with E-state index in [4.69, 9.17) is 9.47 Å². The van der Waals surface area contributed by atoms with Gasteiger partial charge < -0.3 is 19.5 Å². The second-order valence-electron chi connectivity index (χ2n) is 4.59. The number of nitro benzene ring substituents is 2. The van der Waals surface area contributed by atoms with Crippen LogP contribution in [0.2, 0.25) is 0 Å². The fourth-order valence-corrected chi connectivity index (χ4v) is 2.02. The first kappa shape index (κ1) is 19.6. The Bertz CT molecular complexity index is 692. The van der Waals surface area contributed by atoms with Crippen LogP contribution in [0.3, 0.4) is 0 Å². The summed E-state index contributed by atoms with van der Waals surface area (Å²) < 4.78 is 14.2. The van der Waals surface area contributed by atoms with E-state index < -0.39 is 56.2 Å². The van der Waals surface area contributed by atoms with E-state index in [9.17, 15) is 29.8 Å². The van der Waals surface area contributed by atoms with Crippen molar-refractivity contribution in [1.82, 2.24) is 5.32 Å². The van der Waals surface area contributed by atoms with Crippen LogP contribution in [0.15, 0.2) is 6.07 Å². The largest absolute Gasteiger partial charge is 0.489 e. The van der Waals surface area contributed by atoms with Crippen LogP contribution in [-0.4, -0.2) is 49.1 Å². The van der Waals surface area contributed by atoms with Crippen LogP contribution in [0, 0.1) is 20.2 Å². The Morgan fingerprint density at radius 1 is 1.04 bits per heavy atom. The number of esters is 1. The van der Waals surface area contributed by atoms with Crippen molar-refractivity contribution in [2.24, 2.45) is 0 Å². The van der Waals surface area contributed by atoms with Crippen molar-refractivity contribution < 1.29 is 33.6 Å². The van der Waals surface area contributed by atoms with Gasteiger partial charge in [-0.25, -0.2) is 4.79 Å². The molecule has 0 heterocycles. The number of hydrogen-bond acceptors (Lipinski definition) is 9. The van der Waals surface area contributed by atoms with Gasteiger partial charge in [-0.2, -0.15) is 0 Å². The Hall–Kier alpha value is -3.44. The lowest BCUT2D eigenvalue weighted by Gasteiger charge is -2.16. The molecule has 1 amide bonds. The normalized spacial score (nSPS) is 11.2. The molecular weight excluding hydrogens is 342 g/mol. The van der Waals surface area contributed by atoms with Crippen LogP contribution < -0.4 is 14.8 Å². The summed E-state index contributed by atoms with van der Waals surface area (Å²) in [4.78, 5) is 44.3. The summed E-state index contributed by atoms with van der Waals surface area (Å²) in [5.74, 6) is -2.91. The zero-order valence-electron chi connectivity index (χ0n) is 13.7. The summed E-state index contributed by atoms with van der Waals surface area (Å²) in [7, 11) is 3.20. The number of methoxy groups -OCH3 is 3.